The van der Waals surface area contributed by atoms with E-state index < -0.39 is 0 Å². The highest BCUT2D eigenvalue weighted by molar-refractivity contribution is 7.25. The van der Waals surface area contributed by atoms with Crippen LogP contribution in [0.3, 0.4) is 0 Å². The van der Waals surface area contributed by atoms with E-state index in [0.717, 1.165) is 54.3 Å². The first kappa shape index (κ1) is 36.0. The normalized spacial score (nSPS) is 11.9. The Morgan fingerprint density at radius 2 is 0.794 bits per heavy atom. The van der Waals surface area contributed by atoms with Gasteiger partial charge in [-0.2, -0.15) is 9.97 Å². The Labute approximate surface area is 370 Å². The first-order valence-electron chi connectivity index (χ1n) is 20.9. The lowest BCUT2D eigenvalue weighted by atomic mass is 9.90. The molecule has 0 bridgehead atoms. The molecule has 3 heterocycles. The summed E-state index contributed by atoms with van der Waals surface area (Å²) >= 11 is 8.47. The van der Waals surface area contributed by atoms with Crippen LogP contribution in [-0.2, 0) is 0 Å². The molecule has 0 radical (unpaired) electrons. The molecule has 0 unspecified atom stereocenters. The quantitative estimate of drug-likeness (QED) is 0.162. The van der Waals surface area contributed by atoms with E-state index in [1.807, 2.05) is 12.1 Å². The number of aromatic nitrogens is 3. The van der Waals surface area contributed by atoms with E-state index in [1.165, 1.54) is 64.7 Å². The van der Waals surface area contributed by atoms with E-state index >= 15 is 0 Å². The predicted molar refractivity (Wildman–Crippen MR) is 265 cm³/mol. The number of para-hydroxylation sites is 1. The molecule has 63 heavy (non-hydrogen) atoms. The second kappa shape index (κ2) is 14.2. The molecular formula is C57H32ClN3OS. The first-order chi connectivity index (χ1) is 31.1. The molecule has 294 valence electrons. The van der Waals surface area contributed by atoms with Gasteiger partial charge in [0.05, 0.1) is 0 Å². The van der Waals surface area contributed by atoms with Gasteiger partial charge in [0.2, 0.25) is 5.28 Å². The second-order valence-corrected chi connectivity index (χ2v) is 17.5. The number of hydrogen-bond donors (Lipinski definition) is 0. The molecule has 0 aliphatic carbocycles. The number of hydrogen-bond acceptors (Lipinski definition) is 5. The highest BCUT2D eigenvalue weighted by Crippen LogP contribution is 2.42. The van der Waals surface area contributed by atoms with Gasteiger partial charge in [0.1, 0.15) is 11.2 Å². The molecule has 6 heteroatoms. The highest BCUT2D eigenvalue weighted by atomic mass is 35.5. The van der Waals surface area contributed by atoms with E-state index in [4.69, 9.17) is 21.0 Å². The van der Waals surface area contributed by atoms with Gasteiger partial charge in [-0.25, -0.2) is 4.98 Å². The summed E-state index contributed by atoms with van der Waals surface area (Å²) in [6.07, 6.45) is 0. The summed E-state index contributed by atoms with van der Waals surface area (Å²) in [6.45, 7) is 0. The Balaban J connectivity index is 0.866. The summed E-state index contributed by atoms with van der Waals surface area (Å²) in [6, 6.07) is 69.1. The molecule has 0 fully saturated rings. The van der Waals surface area contributed by atoms with Crippen molar-refractivity contribution >= 4 is 97.4 Å². The van der Waals surface area contributed by atoms with Crippen molar-refractivity contribution in [2.45, 2.75) is 0 Å². The molecule has 13 aromatic rings. The van der Waals surface area contributed by atoms with E-state index in [0.29, 0.717) is 11.6 Å². The van der Waals surface area contributed by atoms with Gasteiger partial charge in [-0.15, -0.1) is 11.3 Å². The van der Waals surface area contributed by atoms with Crippen molar-refractivity contribution in [2.24, 2.45) is 0 Å². The molecule has 0 saturated carbocycles. The zero-order valence-corrected chi connectivity index (χ0v) is 35.1. The zero-order chi connectivity index (χ0) is 41.6. The number of thiophene rings is 1. The summed E-state index contributed by atoms with van der Waals surface area (Å²) in [5.41, 5.74) is 10.7. The van der Waals surface area contributed by atoms with Crippen molar-refractivity contribution in [3.63, 3.8) is 0 Å². The summed E-state index contributed by atoms with van der Waals surface area (Å²) in [7, 11) is 0. The van der Waals surface area contributed by atoms with Crippen molar-refractivity contribution in [2.75, 3.05) is 0 Å². The van der Waals surface area contributed by atoms with Crippen molar-refractivity contribution in [1.82, 2.24) is 15.0 Å². The van der Waals surface area contributed by atoms with Gasteiger partial charge in [-0.1, -0.05) is 140 Å². The van der Waals surface area contributed by atoms with Crippen LogP contribution in [0.2, 0.25) is 5.28 Å². The van der Waals surface area contributed by atoms with E-state index in [-0.39, 0.29) is 5.28 Å². The number of furan rings is 1. The molecule has 0 spiro atoms. The molecule has 4 nitrogen and oxygen atoms in total. The molecule has 10 aromatic carbocycles. The largest absolute Gasteiger partial charge is 0.456 e. The van der Waals surface area contributed by atoms with E-state index in [1.54, 1.807) is 11.3 Å². The lowest BCUT2D eigenvalue weighted by Gasteiger charge is -2.14. The molecular weight excluding hydrogens is 810 g/mol. The fourth-order valence-corrected chi connectivity index (χ4v) is 10.7. The van der Waals surface area contributed by atoms with Gasteiger partial charge in [-0.05, 0) is 132 Å². The molecule has 0 saturated heterocycles. The average Bonchev–Trinajstić information content (AvgIpc) is 3.91. The molecule has 3 aromatic heterocycles. The van der Waals surface area contributed by atoms with Crippen LogP contribution in [0.25, 0.3) is 131 Å². The van der Waals surface area contributed by atoms with Gasteiger partial charge in [0, 0.05) is 42.1 Å². The SMILES string of the molecule is Clc1nc(-c2ccc3c(c2)sc2ccc(-c4ccc5oc6ccccc6c5c4)cc23)nc(-c2ccc3c4ccc(-c5cccc(-c6ccccc6)c5)cc4c4ccccc4c3c2)n1. The number of benzene rings is 10. The molecule has 13 rings (SSSR count). The van der Waals surface area contributed by atoms with Gasteiger partial charge in [0.15, 0.2) is 11.6 Å². The zero-order valence-electron chi connectivity index (χ0n) is 33.5. The molecule has 0 aliphatic rings. The Hall–Kier alpha value is -7.70. The smallest absolute Gasteiger partial charge is 0.226 e. The number of nitrogens with zero attached hydrogens (tertiary/aromatic N) is 3. The van der Waals surface area contributed by atoms with Crippen LogP contribution in [0.5, 0.6) is 0 Å². The first-order valence-corrected chi connectivity index (χ1v) is 22.1. The third kappa shape index (κ3) is 6.00. The second-order valence-electron chi connectivity index (χ2n) is 16.1. The topological polar surface area (TPSA) is 51.8 Å². The minimum absolute atomic E-state index is 0.158. The minimum Gasteiger partial charge on any atom is -0.456 e. The predicted octanol–water partition coefficient (Wildman–Crippen LogP) is 16.6. The fourth-order valence-electron chi connectivity index (χ4n) is 9.39. The van der Waals surface area contributed by atoms with E-state index in [9.17, 15) is 0 Å². The van der Waals surface area contributed by atoms with Gasteiger partial charge >= 0.3 is 0 Å². The van der Waals surface area contributed by atoms with Crippen molar-refractivity contribution in [3.8, 4) is 56.2 Å². The monoisotopic (exact) mass is 841 g/mol. The average molecular weight is 842 g/mol. The number of fused-ring (bicyclic) bond motifs is 12. The highest BCUT2D eigenvalue weighted by Gasteiger charge is 2.17. The van der Waals surface area contributed by atoms with Crippen LogP contribution in [0.1, 0.15) is 0 Å². The minimum atomic E-state index is 0.158. The third-order valence-electron chi connectivity index (χ3n) is 12.4. The lowest BCUT2D eigenvalue weighted by Crippen LogP contribution is -1.97. The maximum atomic E-state index is 6.70. The Morgan fingerprint density at radius 1 is 0.302 bits per heavy atom. The Kier molecular flexibility index (Phi) is 8.10. The van der Waals surface area contributed by atoms with Crippen LogP contribution in [0.15, 0.2) is 199 Å². The third-order valence-corrected chi connectivity index (χ3v) is 13.7. The van der Waals surface area contributed by atoms with Crippen LogP contribution >= 0.6 is 22.9 Å². The fraction of sp³-hybridized carbons (Fsp3) is 0. The van der Waals surface area contributed by atoms with Crippen LogP contribution < -0.4 is 0 Å². The Bertz CT molecular complexity index is 3980. The molecule has 0 atom stereocenters. The van der Waals surface area contributed by atoms with Gasteiger partial charge in [0.25, 0.3) is 0 Å². The summed E-state index contributed by atoms with van der Waals surface area (Å²) < 4.78 is 8.48. The number of halogens is 1. The van der Waals surface area contributed by atoms with E-state index in [2.05, 4.69) is 192 Å². The maximum absolute atomic E-state index is 6.70. The molecule has 0 N–H and O–H groups in total. The van der Waals surface area contributed by atoms with Gasteiger partial charge < -0.3 is 4.42 Å². The van der Waals surface area contributed by atoms with Crippen molar-refractivity contribution in [3.05, 3.63) is 199 Å². The summed E-state index contributed by atoms with van der Waals surface area (Å²) in [5.74, 6) is 1.08. The van der Waals surface area contributed by atoms with Crippen LogP contribution in [-0.4, -0.2) is 15.0 Å². The standard InChI is InChI=1S/C57H32ClN3OS/c58-57-60-55(39-18-23-44-43-22-17-36(28-47(43)41-13-4-5-14-42(41)48(44)31-39)35-12-8-11-34(27-35)33-9-2-1-3-10-33)59-56(61-57)40-19-24-46-50-30-38(21-26-53(50)63-54(46)32-40)37-20-25-52-49(29-37)45-15-6-7-16-51(45)62-52/h1-32H. The van der Waals surface area contributed by atoms with Crippen LogP contribution in [0.4, 0.5) is 0 Å². The number of rotatable bonds is 5. The summed E-state index contributed by atoms with van der Waals surface area (Å²) in [5, 5.41) is 11.9. The van der Waals surface area contributed by atoms with Gasteiger partial charge in [-0.3, -0.25) is 0 Å². The maximum Gasteiger partial charge on any atom is 0.226 e. The summed E-state index contributed by atoms with van der Waals surface area (Å²) in [4.78, 5) is 14.3. The lowest BCUT2D eigenvalue weighted by molar-refractivity contribution is 0.669. The van der Waals surface area contributed by atoms with Crippen LogP contribution in [0, 0.1) is 0 Å². The van der Waals surface area contributed by atoms with Crippen molar-refractivity contribution < 1.29 is 4.42 Å². The Morgan fingerprint density at radius 3 is 1.54 bits per heavy atom. The molecule has 0 amide bonds. The van der Waals surface area contributed by atoms with Crippen molar-refractivity contribution in [1.29, 1.82) is 0 Å². The molecule has 0 aliphatic heterocycles.